The van der Waals surface area contributed by atoms with Gasteiger partial charge < -0.3 is 4.57 Å². The van der Waals surface area contributed by atoms with Gasteiger partial charge in [0, 0.05) is 24.4 Å². The number of thioether (sulfide) groups is 1. The van der Waals surface area contributed by atoms with E-state index in [-0.39, 0.29) is 5.41 Å². The monoisotopic (exact) mass is 549 g/mol. The second kappa shape index (κ2) is 21.3. The fourth-order valence-electron chi connectivity index (χ4n) is 5.96. The van der Waals surface area contributed by atoms with Gasteiger partial charge in [-0.05, 0) is 31.1 Å². The first-order valence-corrected chi connectivity index (χ1v) is 18.0. The van der Waals surface area contributed by atoms with Crippen molar-refractivity contribution in [3.8, 4) is 0 Å². The van der Waals surface area contributed by atoms with E-state index in [1.807, 2.05) is 11.8 Å². The highest BCUT2D eigenvalue weighted by Gasteiger charge is 2.30. The number of unbranched alkanes of at least 4 members (excludes halogenated alkanes) is 14. The van der Waals surface area contributed by atoms with Crippen LogP contribution in [0.3, 0.4) is 0 Å². The van der Waals surface area contributed by atoms with Crippen LogP contribution >= 0.6 is 11.8 Å². The molecule has 2 atom stereocenters. The molecule has 0 aliphatic carbocycles. The van der Waals surface area contributed by atoms with Crippen molar-refractivity contribution >= 4 is 11.8 Å². The van der Waals surface area contributed by atoms with E-state index >= 15 is 0 Å². The highest BCUT2D eigenvalue weighted by atomic mass is 32.2. The smallest absolute Gasteiger partial charge is 0.167 e. The normalized spacial score (nSPS) is 15.0. The topological polar surface area (TPSA) is 17.8 Å². The summed E-state index contributed by atoms with van der Waals surface area (Å²) in [7, 11) is 2.24. The van der Waals surface area contributed by atoms with Crippen molar-refractivity contribution in [2.24, 2.45) is 12.5 Å². The summed E-state index contributed by atoms with van der Waals surface area (Å²) in [6.07, 6.45) is 32.4. The van der Waals surface area contributed by atoms with Crippen LogP contribution in [0.25, 0.3) is 0 Å². The van der Waals surface area contributed by atoms with Gasteiger partial charge in [-0.1, -0.05) is 169 Å². The van der Waals surface area contributed by atoms with Gasteiger partial charge in [0.2, 0.25) is 0 Å². The summed E-state index contributed by atoms with van der Waals surface area (Å²) in [6.45, 7) is 14.4. The lowest BCUT2D eigenvalue weighted by Crippen LogP contribution is -2.23. The predicted molar refractivity (Wildman–Crippen MR) is 174 cm³/mol. The van der Waals surface area contributed by atoms with Gasteiger partial charge in [-0.25, -0.2) is 4.98 Å². The van der Waals surface area contributed by atoms with Crippen molar-refractivity contribution in [3.05, 3.63) is 11.9 Å². The number of aryl methyl sites for hydroxylation is 1. The summed E-state index contributed by atoms with van der Waals surface area (Å²) in [6, 6.07) is 0. The summed E-state index contributed by atoms with van der Waals surface area (Å²) >= 11 is 2.04. The largest absolute Gasteiger partial charge is 0.329 e. The lowest BCUT2D eigenvalue weighted by Gasteiger charge is -2.30. The second-order valence-corrected chi connectivity index (χ2v) is 14.1. The van der Waals surface area contributed by atoms with Crippen LogP contribution in [0.1, 0.15) is 188 Å². The Labute approximate surface area is 244 Å². The average molecular weight is 549 g/mol. The molecule has 0 amide bonds. The zero-order valence-corrected chi connectivity index (χ0v) is 28.0. The number of imidazole rings is 1. The molecule has 0 aliphatic rings. The SMILES string of the molecule is CCCCCCCC(C)(CCCCCC)CSc1nc(C(C)(CCCCCC)CCCCCCC)cn1C. The van der Waals surface area contributed by atoms with E-state index in [0.29, 0.717) is 5.41 Å². The van der Waals surface area contributed by atoms with Gasteiger partial charge in [-0.3, -0.25) is 0 Å². The minimum absolute atomic E-state index is 0.221. The molecule has 0 aromatic carbocycles. The maximum Gasteiger partial charge on any atom is 0.167 e. The van der Waals surface area contributed by atoms with Crippen LogP contribution in [0, 0.1) is 5.41 Å². The zero-order chi connectivity index (χ0) is 28.1. The van der Waals surface area contributed by atoms with Crippen molar-refractivity contribution in [1.82, 2.24) is 9.55 Å². The number of nitrogens with zero attached hydrogens (tertiary/aromatic N) is 2. The fourth-order valence-corrected chi connectivity index (χ4v) is 7.14. The van der Waals surface area contributed by atoms with Gasteiger partial charge >= 0.3 is 0 Å². The Balaban J connectivity index is 2.87. The molecule has 1 rings (SSSR count). The molecule has 1 aromatic rings. The van der Waals surface area contributed by atoms with Crippen molar-refractivity contribution < 1.29 is 0 Å². The highest BCUT2D eigenvalue weighted by Crippen LogP contribution is 2.39. The molecule has 0 fully saturated rings. The lowest BCUT2D eigenvalue weighted by atomic mass is 9.77. The molecule has 0 saturated carbocycles. The van der Waals surface area contributed by atoms with E-state index in [1.165, 1.54) is 158 Å². The van der Waals surface area contributed by atoms with Crippen LogP contribution in [-0.4, -0.2) is 15.3 Å². The van der Waals surface area contributed by atoms with Gasteiger partial charge in [0.25, 0.3) is 0 Å². The van der Waals surface area contributed by atoms with E-state index in [2.05, 4.69) is 59.4 Å². The van der Waals surface area contributed by atoms with Gasteiger partial charge in [0.1, 0.15) is 0 Å². The highest BCUT2D eigenvalue weighted by molar-refractivity contribution is 7.99. The average Bonchev–Trinajstić information content (AvgIpc) is 3.29. The van der Waals surface area contributed by atoms with Gasteiger partial charge in [-0.2, -0.15) is 0 Å². The van der Waals surface area contributed by atoms with Crippen LogP contribution < -0.4 is 0 Å². The van der Waals surface area contributed by atoms with E-state index in [4.69, 9.17) is 4.98 Å². The molecular formula is C35H68N2S. The summed E-state index contributed by atoms with van der Waals surface area (Å²) in [4.78, 5) is 5.36. The van der Waals surface area contributed by atoms with Crippen LogP contribution in [0.5, 0.6) is 0 Å². The molecule has 38 heavy (non-hydrogen) atoms. The maximum absolute atomic E-state index is 5.36. The van der Waals surface area contributed by atoms with Crippen LogP contribution in [0.15, 0.2) is 11.4 Å². The molecule has 0 aliphatic heterocycles. The molecule has 1 aromatic heterocycles. The number of hydrogen-bond donors (Lipinski definition) is 0. The maximum atomic E-state index is 5.36. The minimum atomic E-state index is 0.221. The fraction of sp³-hybridized carbons (Fsp3) is 0.914. The first-order chi connectivity index (χ1) is 18.3. The summed E-state index contributed by atoms with van der Waals surface area (Å²) in [5.41, 5.74) is 2.01. The zero-order valence-electron chi connectivity index (χ0n) is 27.1. The Hall–Kier alpha value is -0.440. The molecule has 1 heterocycles. The Morgan fingerprint density at radius 1 is 0.605 bits per heavy atom. The van der Waals surface area contributed by atoms with E-state index in [0.717, 1.165) is 0 Å². The van der Waals surface area contributed by atoms with E-state index < -0.39 is 0 Å². The number of rotatable bonds is 26. The molecule has 2 unspecified atom stereocenters. The third kappa shape index (κ3) is 14.8. The Bertz CT molecular complexity index is 683. The molecule has 2 nitrogen and oxygen atoms in total. The molecule has 0 radical (unpaired) electrons. The van der Waals surface area contributed by atoms with Crippen LogP contribution in [0.4, 0.5) is 0 Å². The summed E-state index contributed by atoms with van der Waals surface area (Å²) < 4.78 is 2.35. The standard InChI is InChI=1S/C35H68N2S/c1-8-12-16-20-23-27-34(5,26-22-18-14-10-3)31-38-33-36-32(30-37(33)7)35(6,28-24-19-15-11-4)29-25-21-17-13-9-2/h30H,8-29,31H2,1-7H3. The van der Waals surface area contributed by atoms with Crippen molar-refractivity contribution in [3.63, 3.8) is 0 Å². The van der Waals surface area contributed by atoms with Gasteiger partial charge in [0.05, 0.1) is 5.69 Å². The Morgan fingerprint density at radius 3 is 1.45 bits per heavy atom. The lowest BCUT2D eigenvalue weighted by molar-refractivity contribution is 0.290. The van der Waals surface area contributed by atoms with Gasteiger partial charge in [0.15, 0.2) is 5.16 Å². The second-order valence-electron chi connectivity index (χ2n) is 13.1. The number of aromatic nitrogens is 2. The summed E-state index contributed by atoms with van der Waals surface area (Å²) in [5.74, 6) is 1.21. The number of hydrogen-bond acceptors (Lipinski definition) is 2. The Kier molecular flexibility index (Phi) is 20.0. The Morgan fingerprint density at radius 2 is 1.00 bits per heavy atom. The summed E-state index contributed by atoms with van der Waals surface area (Å²) in [5, 5.41) is 1.25. The molecule has 0 N–H and O–H groups in total. The van der Waals surface area contributed by atoms with Crippen molar-refractivity contribution in [2.45, 2.75) is 193 Å². The molecule has 224 valence electrons. The quantitative estimate of drug-likeness (QED) is 0.0846. The third-order valence-corrected chi connectivity index (χ3v) is 10.4. The molecule has 0 bridgehead atoms. The predicted octanol–water partition coefficient (Wildman–Crippen LogP) is 12.4. The van der Waals surface area contributed by atoms with Crippen LogP contribution in [0.2, 0.25) is 0 Å². The minimum Gasteiger partial charge on any atom is -0.329 e. The van der Waals surface area contributed by atoms with E-state index in [1.54, 1.807) is 0 Å². The van der Waals surface area contributed by atoms with Crippen LogP contribution in [-0.2, 0) is 12.5 Å². The first kappa shape index (κ1) is 35.6. The van der Waals surface area contributed by atoms with E-state index in [9.17, 15) is 0 Å². The van der Waals surface area contributed by atoms with Crippen molar-refractivity contribution in [2.75, 3.05) is 5.75 Å². The molecule has 0 spiro atoms. The molecule has 3 heteroatoms. The van der Waals surface area contributed by atoms with Gasteiger partial charge in [-0.15, -0.1) is 0 Å². The molecule has 0 saturated heterocycles. The first-order valence-electron chi connectivity index (χ1n) is 17.0. The third-order valence-electron chi connectivity index (χ3n) is 8.93. The van der Waals surface area contributed by atoms with Crippen molar-refractivity contribution in [1.29, 1.82) is 0 Å². The molecular weight excluding hydrogens is 480 g/mol.